The maximum atomic E-state index is 12.4. The van der Waals surface area contributed by atoms with Crippen molar-refractivity contribution in [2.24, 2.45) is 0 Å². The number of nitrogens with zero attached hydrogens (tertiary/aromatic N) is 3. The summed E-state index contributed by atoms with van der Waals surface area (Å²) in [4.78, 5) is 21.8. The Morgan fingerprint density at radius 2 is 2.09 bits per heavy atom. The fourth-order valence-corrected chi connectivity index (χ4v) is 5.60. The molecule has 1 unspecified atom stereocenters. The van der Waals surface area contributed by atoms with Crippen molar-refractivity contribution in [3.05, 3.63) is 23.2 Å². The van der Waals surface area contributed by atoms with E-state index in [2.05, 4.69) is 30.6 Å². The molecule has 3 aromatic rings. The minimum atomic E-state index is -0.570. The van der Waals surface area contributed by atoms with Gasteiger partial charge in [-0.05, 0) is 68.6 Å². The number of aliphatic hydroxyl groups is 1. The van der Waals surface area contributed by atoms with Gasteiger partial charge >= 0.3 is 0 Å². The van der Waals surface area contributed by atoms with Gasteiger partial charge in [0, 0.05) is 24.7 Å². The first kappa shape index (κ1) is 21.5. The molecule has 1 aliphatic carbocycles. The normalized spacial score (nSPS) is 25.7. The Bertz CT molecular complexity index is 1100. The van der Waals surface area contributed by atoms with Gasteiger partial charge in [0.05, 0.1) is 15.8 Å². The number of carbonyl (C=O) groups is 1. The third-order valence-corrected chi connectivity index (χ3v) is 7.70. The molecule has 1 saturated carbocycles. The lowest BCUT2D eigenvalue weighted by atomic mass is 9.84. The minimum Gasteiger partial charge on any atom is -0.390 e. The van der Waals surface area contributed by atoms with Gasteiger partial charge in [-0.25, -0.2) is 4.98 Å². The summed E-state index contributed by atoms with van der Waals surface area (Å²) in [5, 5.41) is 26.0. The minimum absolute atomic E-state index is 0.155. The SMILES string of the molecule is CC1(O)CCC(Nc2nc(Nc3cc(C(=O)NC4CCNC4)ns3)nc3ccsc23)CC1. The van der Waals surface area contributed by atoms with Crippen molar-refractivity contribution in [1.29, 1.82) is 0 Å². The van der Waals surface area contributed by atoms with Crippen molar-refractivity contribution in [3.8, 4) is 0 Å². The van der Waals surface area contributed by atoms with Crippen LogP contribution in [0, 0.1) is 0 Å². The van der Waals surface area contributed by atoms with Gasteiger partial charge in [0.1, 0.15) is 16.5 Å². The number of carbonyl (C=O) groups excluding carboxylic acids is 1. The molecule has 170 valence electrons. The summed E-state index contributed by atoms with van der Waals surface area (Å²) in [6.07, 6.45) is 4.28. The monoisotopic (exact) mass is 473 g/mol. The van der Waals surface area contributed by atoms with Crippen LogP contribution in [0.15, 0.2) is 17.5 Å². The molecule has 5 rings (SSSR count). The van der Waals surface area contributed by atoms with E-state index in [1.165, 1.54) is 11.5 Å². The van der Waals surface area contributed by atoms with Crippen molar-refractivity contribution in [1.82, 2.24) is 25.0 Å². The molecule has 0 radical (unpaired) electrons. The molecule has 1 amide bonds. The topological polar surface area (TPSA) is 124 Å². The van der Waals surface area contributed by atoms with Crippen LogP contribution in [0.25, 0.3) is 10.2 Å². The zero-order chi connectivity index (χ0) is 22.1. The number of anilines is 3. The van der Waals surface area contributed by atoms with Gasteiger partial charge in [-0.1, -0.05) is 0 Å². The van der Waals surface area contributed by atoms with E-state index in [-0.39, 0.29) is 18.0 Å². The van der Waals surface area contributed by atoms with Gasteiger partial charge in [-0.2, -0.15) is 9.36 Å². The molecule has 2 fully saturated rings. The molecular formula is C21H27N7O2S2. The largest absolute Gasteiger partial charge is 0.390 e. The molecule has 1 atom stereocenters. The lowest BCUT2D eigenvalue weighted by Crippen LogP contribution is -2.36. The Kier molecular flexibility index (Phi) is 5.97. The maximum absolute atomic E-state index is 12.4. The van der Waals surface area contributed by atoms with E-state index < -0.39 is 5.60 Å². The van der Waals surface area contributed by atoms with E-state index in [0.717, 1.165) is 61.2 Å². The average Bonchev–Trinajstić information content (AvgIpc) is 3.51. The van der Waals surface area contributed by atoms with Gasteiger partial charge < -0.3 is 26.4 Å². The smallest absolute Gasteiger partial charge is 0.271 e. The number of aromatic nitrogens is 3. The Hall–Kier alpha value is -2.34. The summed E-state index contributed by atoms with van der Waals surface area (Å²) in [5.74, 6) is 1.11. The van der Waals surface area contributed by atoms with Gasteiger partial charge in [0.2, 0.25) is 5.95 Å². The molecule has 9 nitrogen and oxygen atoms in total. The van der Waals surface area contributed by atoms with E-state index in [0.29, 0.717) is 16.6 Å². The van der Waals surface area contributed by atoms with Crippen LogP contribution >= 0.6 is 22.9 Å². The van der Waals surface area contributed by atoms with E-state index in [1.54, 1.807) is 17.4 Å². The Morgan fingerprint density at radius 3 is 2.88 bits per heavy atom. The van der Waals surface area contributed by atoms with Gasteiger partial charge in [-0.3, -0.25) is 4.79 Å². The Balaban J connectivity index is 1.29. The molecule has 4 heterocycles. The highest BCUT2D eigenvalue weighted by Gasteiger charge is 2.29. The standard InChI is InChI=1S/C21H27N7O2S2/c1-21(30)6-2-12(3-7-21)23-18-17-14(5-9-31-17)25-20(27-18)26-16-10-15(28-32-16)19(29)24-13-4-8-22-11-13/h5,9-10,12-13,22,30H,2-4,6-8,11H2,1H3,(H,24,29)(H2,23,25,26,27). The summed E-state index contributed by atoms with van der Waals surface area (Å²) >= 11 is 2.82. The zero-order valence-corrected chi connectivity index (χ0v) is 19.5. The van der Waals surface area contributed by atoms with Crippen molar-refractivity contribution < 1.29 is 9.90 Å². The van der Waals surface area contributed by atoms with E-state index in [4.69, 9.17) is 4.98 Å². The highest BCUT2D eigenvalue weighted by atomic mass is 32.1. The molecule has 0 spiro atoms. The maximum Gasteiger partial charge on any atom is 0.271 e. The first-order chi connectivity index (χ1) is 15.4. The first-order valence-corrected chi connectivity index (χ1v) is 12.6. The lowest BCUT2D eigenvalue weighted by molar-refractivity contribution is 0.0196. The highest BCUT2D eigenvalue weighted by molar-refractivity contribution is 7.17. The van der Waals surface area contributed by atoms with Crippen LogP contribution in [0.2, 0.25) is 0 Å². The molecule has 1 aliphatic heterocycles. The Morgan fingerprint density at radius 1 is 1.25 bits per heavy atom. The fourth-order valence-electron chi connectivity index (χ4n) is 4.18. The Labute approximate surface area is 194 Å². The van der Waals surface area contributed by atoms with Crippen molar-refractivity contribution in [2.75, 3.05) is 23.7 Å². The van der Waals surface area contributed by atoms with Crippen LogP contribution in [0.3, 0.4) is 0 Å². The molecule has 5 N–H and O–H groups in total. The van der Waals surface area contributed by atoms with E-state index >= 15 is 0 Å². The number of amides is 1. The summed E-state index contributed by atoms with van der Waals surface area (Å²) in [6, 6.07) is 4.14. The predicted octanol–water partition coefficient (Wildman–Crippen LogP) is 3.09. The van der Waals surface area contributed by atoms with Crippen LogP contribution < -0.4 is 21.3 Å². The second kappa shape index (κ2) is 8.89. The molecule has 1 saturated heterocycles. The summed E-state index contributed by atoms with van der Waals surface area (Å²) in [6.45, 7) is 3.62. The van der Waals surface area contributed by atoms with E-state index in [9.17, 15) is 9.90 Å². The fraction of sp³-hybridized carbons (Fsp3) is 0.524. The van der Waals surface area contributed by atoms with Crippen molar-refractivity contribution in [3.63, 3.8) is 0 Å². The molecule has 2 aliphatic rings. The highest BCUT2D eigenvalue weighted by Crippen LogP contribution is 2.33. The number of hydrogen-bond acceptors (Lipinski definition) is 10. The number of rotatable bonds is 6. The molecule has 0 aromatic carbocycles. The van der Waals surface area contributed by atoms with Gasteiger partial charge in [-0.15, -0.1) is 11.3 Å². The van der Waals surface area contributed by atoms with Crippen LogP contribution in [0.4, 0.5) is 16.8 Å². The first-order valence-electron chi connectivity index (χ1n) is 10.9. The van der Waals surface area contributed by atoms with Crippen LogP contribution in [-0.4, -0.2) is 56.1 Å². The predicted molar refractivity (Wildman–Crippen MR) is 128 cm³/mol. The molecule has 11 heteroatoms. The number of hydrogen-bond donors (Lipinski definition) is 5. The molecule has 0 bridgehead atoms. The quantitative estimate of drug-likeness (QED) is 0.370. The zero-order valence-electron chi connectivity index (χ0n) is 17.9. The van der Waals surface area contributed by atoms with E-state index in [1.807, 2.05) is 18.4 Å². The number of nitrogens with one attached hydrogen (secondary N) is 4. The number of fused-ring (bicyclic) bond motifs is 1. The molecule has 32 heavy (non-hydrogen) atoms. The third kappa shape index (κ3) is 4.85. The lowest BCUT2D eigenvalue weighted by Gasteiger charge is -2.33. The molecular weight excluding hydrogens is 446 g/mol. The summed E-state index contributed by atoms with van der Waals surface area (Å²) in [5.41, 5.74) is 0.696. The van der Waals surface area contributed by atoms with Crippen molar-refractivity contribution >= 4 is 55.8 Å². The van der Waals surface area contributed by atoms with Crippen LogP contribution in [-0.2, 0) is 0 Å². The third-order valence-electron chi connectivity index (χ3n) is 6.08. The van der Waals surface area contributed by atoms with Gasteiger partial charge in [0.25, 0.3) is 5.91 Å². The summed E-state index contributed by atoms with van der Waals surface area (Å²) in [7, 11) is 0. The van der Waals surface area contributed by atoms with Gasteiger partial charge in [0.15, 0.2) is 0 Å². The second-order valence-corrected chi connectivity index (χ2v) is 10.5. The average molecular weight is 474 g/mol. The van der Waals surface area contributed by atoms with Crippen molar-refractivity contribution in [2.45, 2.75) is 56.7 Å². The molecule has 3 aromatic heterocycles. The van der Waals surface area contributed by atoms with Crippen LogP contribution in [0.5, 0.6) is 0 Å². The number of thiophene rings is 1. The van der Waals surface area contributed by atoms with Crippen LogP contribution in [0.1, 0.15) is 49.5 Å². The second-order valence-electron chi connectivity index (χ2n) is 8.81. The summed E-state index contributed by atoms with van der Waals surface area (Å²) < 4.78 is 5.31.